The Balaban J connectivity index is 1.60. The van der Waals surface area contributed by atoms with Crippen molar-refractivity contribution in [3.63, 3.8) is 0 Å². The molecule has 1 fully saturated rings. The number of halogens is 2. The number of amides is 3. The average molecular weight is 362 g/mol. The number of hydrogen-bond donors (Lipinski definition) is 1. The van der Waals surface area contributed by atoms with Crippen molar-refractivity contribution < 1.29 is 23.1 Å². The predicted molar refractivity (Wildman–Crippen MR) is 90.1 cm³/mol. The third kappa shape index (κ3) is 3.71. The Bertz CT molecular complexity index is 829. The van der Waals surface area contributed by atoms with Gasteiger partial charge in [-0.3, -0.25) is 9.69 Å². The molecule has 9 heteroatoms. The lowest BCUT2D eigenvalue weighted by molar-refractivity contribution is -0.116. The zero-order valence-corrected chi connectivity index (χ0v) is 13.9. The number of rotatable bonds is 5. The molecule has 3 amide bonds. The van der Waals surface area contributed by atoms with Gasteiger partial charge in [0, 0.05) is 30.9 Å². The Morgan fingerprint density at radius 3 is 2.69 bits per heavy atom. The summed E-state index contributed by atoms with van der Waals surface area (Å²) in [5.74, 6) is -1.99. The quantitative estimate of drug-likeness (QED) is 0.885. The van der Waals surface area contributed by atoms with Crippen molar-refractivity contribution in [3.8, 4) is 5.88 Å². The molecular weight excluding hydrogens is 346 g/mol. The standard InChI is InChI=1S/C17H16F2N4O3/c1-26-16-5-2-11(9-20-16)21-15(24)10-22-6-7-23(17(22)25)12-3-4-13(18)14(19)8-12/h2-5,8-9H,6-7,10H2,1H3,(H,21,24). The number of nitrogens with one attached hydrogen (secondary N) is 1. The predicted octanol–water partition coefficient (Wildman–Crippen LogP) is 2.25. The van der Waals surface area contributed by atoms with Gasteiger partial charge >= 0.3 is 6.03 Å². The van der Waals surface area contributed by atoms with Crippen LogP contribution in [-0.2, 0) is 4.79 Å². The van der Waals surface area contributed by atoms with Crippen molar-refractivity contribution in [2.75, 3.05) is 37.0 Å². The van der Waals surface area contributed by atoms with Crippen molar-refractivity contribution in [1.82, 2.24) is 9.88 Å². The van der Waals surface area contributed by atoms with Gasteiger partial charge in [0.25, 0.3) is 0 Å². The SMILES string of the molecule is COc1ccc(NC(=O)CN2CCN(c3ccc(F)c(F)c3)C2=O)cn1. The number of aromatic nitrogens is 1. The largest absolute Gasteiger partial charge is 0.481 e. The summed E-state index contributed by atoms with van der Waals surface area (Å²) in [6.45, 7) is 0.415. The molecular formula is C17H16F2N4O3. The summed E-state index contributed by atoms with van der Waals surface area (Å²) in [4.78, 5) is 31.1. The molecule has 0 atom stereocenters. The van der Waals surface area contributed by atoms with Gasteiger partial charge in [-0.05, 0) is 18.2 Å². The van der Waals surface area contributed by atoms with Crippen LogP contribution >= 0.6 is 0 Å². The fourth-order valence-corrected chi connectivity index (χ4v) is 2.57. The minimum Gasteiger partial charge on any atom is -0.481 e. The molecule has 0 spiro atoms. The van der Waals surface area contributed by atoms with Gasteiger partial charge in [0.1, 0.15) is 6.54 Å². The molecule has 0 unspecified atom stereocenters. The average Bonchev–Trinajstić information content (AvgIpc) is 2.98. The molecule has 0 saturated carbocycles. The van der Waals surface area contributed by atoms with Crippen LogP contribution in [-0.4, -0.2) is 48.6 Å². The molecule has 1 N–H and O–H groups in total. The lowest BCUT2D eigenvalue weighted by Gasteiger charge is -2.18. The molecule has 1 aromatic carbocycles. The van der Waals surface area contributed by atoms with Gasteiger partial charge in [-0.25, -0.2) is 18.6 Å². The van der Waals surface area contributed by atoms with Crippen LogP contribution < -0.4 is 15.0 Å². The van der Waals surface area contributed by atoms with Crippen LogP contribution in [0.5, 0.6) is 5.88 Å². The third-order valence-electron chi connectivity index (χ3n) is 3.87. The van der Waals surface area contributed by atoms with Gasteiger partial charge in [0.05, 0.1) is 19.0 Å². The summed E-state index contributed by atoms with van der Waals surface area (Å²) in [6.07, 6.45) is 1.44. The smallest absolute Gasteiger partial charge is 0.325 e. The van der Waals surface area contributed by atoms with E-state index in [1.54, 1.807) is 12.1 Å². The summed E-state index contributed by atoms with van der Waals surface area (Å²) in [6, 6.07) is 6.02. The maximum absolute atomic E-state index is 13.4. The highest BCUT2D eigenvalue weighted by atomic mass is 19.2. The van der Waals surface area contributed by atoms with E-state index in [1.807, 2.05) is 0 Å². The van der Waals surface area contributed by atoms with E-state index in [0.717, 1.165) is 12.1 Å². The molecule has 0 bridgehead atoms. The number of carbonyl (C=O) groups is 2. The Morgan fingerprint density at radius 2 is 2.04 bits per heavy atom. The number of carbonyl (C=O) groups excluding carboxylic acids is 2. The number of anilines is 2. The fraction of sp³-hybridized carbons (Fsp3) is 0.235. The van der Waals surface area contributed by atoms with Crippen LogP contribution in [0.25, 0.3) is 0 Å². The van der Waals surface area contributed by atoms with Crippen LogP contribution in [0.4, 0.5) is 25.0 Å². The Labute approximate surface area is 148 Å². The van der Waals surface area contributed by atoms with Gasteiger partial charge in [-0.2, -0.15) is 0 Å². The molecule has 2 aromatic rings. The molecule has 1 aliphatic heterocycles. The van der Waals surface area contributed by atoms with E-state index in [-0.39, 0.29) is 18.8 Å². The number of pyridine rings is 1. The second-order valence-corrected chi connectivity index (χ2v) is 5.59. The number of nitrogens with zero attached hydrogens (tertiary/aromatic N) is 3. The van der Waals surface area contributed by atoms with Crippen molar-refractivity contribution in [3.05, 3.63) is 48.2 Å². The van der Waals surface area contributed by atoms with E-state index in [4.69, 9.17) is 4.74 Å². The highest BCUT2D eigenvalue weighted by Gasteiger charge is 2.31. The van der Waals surface area contributed by atoms with Gasteiger partial charge in [-0.1, -0.05) is 0 Å². The zero-order chi connectivity index (χ0) is 18.7. The maximum atomic E-state index is 13.4. The summed E-state index contributed by atoms with van der Waals surface area (Å²) in [5.41, 5.74) is 0.719. The van der Waals surface area contributed by atoms with E-state index < -0.39 is 23.6 Å². The van der Waals surface area contributed by atoms with E-state index in [2.05, 4.69) is 10.3 Å². The minimum absolute atomic E-state index is 0.162. The molecule has 1 saturated heterocycles. The number of urea groups is 1. The first-order valence-corrected chi connectivity index (χ1v) is 7.79. The van der Waals surface area contributed by atoms with Crippen LogP contribution in [0.3, 0.4) is 0 Å². The molecule has 2 heterocycles. The molecule has 26 heavy (non-hydrogen) atoms. The summed E-state index contributed by atoms with van der Waals surface area (Å²) >= 11 is 0. The van der Waals surface area contributed by atoms with E-state index in [9.17, 15) is 18.4 Å². The molecule has 0 aliphatic carbocycles. The highest BCUT2D eigenvalue weighted by molar-refractivity contribution is 5.99. The molecule has 3 rings (SSSR count). The molecule has 7 nitrogen and oxygen atoms in total. The van der Waals surface area contributed by atoms with Gasteiger partial charge < -0.3 is 15.0 Å². The maximum Gasteiger partial charge on any atom is 0.325 e. The molecule has 1 aromatic heterocycles. The van der Waals surface area contributed by atoms with Crippen LogP contribution in [0.2, 0.25) is 0 Å². The lowest BCUT2D eigenvalue weighted by atomic mass is 10.3. The van der Waals surface area contributed by atoms with E-state index in [1.165, 1.54) is 29.2 Å². The Morgan fingerprint density at radius 1 is 1.23 bits per heavy atom. The monoisotopic (exact) mass is 362 g/mol. The zero-order valence-electron chi connectivity index (χ0n) is 13.9. The van der Waals surface area contributed by atoms with E-state index >= 15 is 0 Å². The second-order valence-electron chi connectivity index (χ2n) is 5.59. The minimum atomic E-state index is -1.03. The second kappa shape index (κ2) is 7.34. The van der Waals surface area contributed by atoms with Gasteiger partial charge in [0.2, 0.25) is 11.8 Å². The van der Waals surface area contributed by atoms with Gasteiger partial charge in [-0.15, -0.1) is 0 Å². The van der Waals surface area contributed by atoms with Crippen LogP contribution in [0.1, 0.15) is 0 Å². The Hall–Kier alpha value is -3.23. The topological polar surface area (TPSA) is 74.8 Å². The number of methoxy groups -OCH3 is 1. The number of ether oxygens (including phenoxy) is 1. The lowest BCUT2D eigenvalue weighted by Crippen LogP contribution is -2.37. The number of hydrogen-bond acceptors (Lipinski definition) is 4. The van der Waals surface area contributed by atoms with E-state index in [0.29, 0.717) is 18.1 Å². The summed E-state index contributed by atoms with van der Waals surface area (Å²) < 4.78 is 31.3. The number of benzene rings is 1. The normalized spacial score (nSPS) is 13.9. The van der Waals surface area contributed by atoms with Crippen LogP contribution in [0.15, 0.2) is 36.5 Å². The first-order chi connectivity index (χ1) is 12.5. The van der Waals surface area contributed by atoms with Gasteiger partial charge in [0.15, 0.2) is 11.6 Å². The highest BCUT2D eigenvalue weighted by Crippen LogP contribution is 2.22. The molecule has 136 valence electrons. The van der Waals surface area contributed by atoms with Crippen molar-refractivity contribution in [2.24, 2.45) is 0 Å². The first-order valence-electron chi connectivity index (χ1n) is 7.79. The molecule has 1 aliphatic rings. The molecule has 0 radical (unpaired) electrons. The summed E-state index contributed by atoms with van der Waals surface area (Å²) in [7, 11) is 1.48. The Kier molecular flexibility index (Phi) is 4.97. The van der Waals surface area contributed by atoms with Crippen molar-refractivity contribution >= 4 is 23.3 Å². The first kappa shape index (κ1) is 17.6. The van der Waals surface area contributed by atoms with Crippen molar-refractivity contribution in [2.45, 2.75) is 0 Å². The summed E-state index contributed by atoms with van der Waals surface area (Å²) in [5, 5.41) is 2.63. The van der Waals surface area contributed by atoms with Crippen LogP contribution in [0, 0.1) is 11.6 Å². The van der Waals surface area contributed by atoms with Crippen molar-refractivity contribution in [1.29, 1.82) is 0 Å². The fourth-order valence-electron chi connectivity index (χ4n) is 2.57. The third-order valence-corrected chi connectivity index (χ3v) is 3.87.